The second-order valence-electron chi connectivity index (χ2n) is 4.17. The number of rotatable bonds is 4. The Morgan fingerprint density at radius 2 is 2.00 bits per heavy atom. The molecule has 21 heavy (non-hydrogen) atoms. The van der Waals surface area contributed by atoms with Gasteiger partial charge in [0.15, 0.2) is 11.6 Å². The quantitative estimate of drug-likeness (QED) is 0.691. The number of hydrogen-bond donors (Lipinski definition) is 1. The monoisotopic (exact) mass is 289 g/mol. The summed E-state index contributed by atoms with van der Waals surface area (Å²) in [5.74, 6) is -1.95. The Morgan fingerprint density at radius 1 is 1.24 bits per heavy atom. The van der Waals surface area contributed by atoms with Gasteiger partial charge in [0.25, 0.3) is 0 Å². The summed E-state index contributed by atoms with van der Waals surface area (Å²) in [5, 5.41) is 22.6. The van der Waals surface area contributed by atoms with Crippen LogP contribution >= 0.6 is 0 Å². The Kier molecular flexibility index (Phi) is 4.09. The maximum absolute atomic E-state index is 13.1. The summed E-state index contributed by atoms with van der Waals surface area (Å²) >= 11 is 0. The molecule has 5 nitrogen and oxygen atoms in total. The molecule has 2 aromatic carbocycles. The van der Waals surface area contributed by atoms with E-state index in [9.17, 15) is 18.9 Å². The minimum Gasteiger partial charge on any atom is -0.375 e. The first-order valence-electron chi connectivity index (χ1n) is 5.88. The van der Waals surface area contributed by atoms with Gasteiger partial charge in [-0.15, -0.1) is 0 Å². The predicted octanol–water partition coefficient (Wildman–Crippen LogP) is 3.36. The molecule has 2 rings (SSSR count). The highest BCUT2D eigenvalue weighted by molar-refractivity contribution is 5.68. The summed E-state index contributed by atoms with van der Waals surface area (Å²) in [6.07, 6.45) is 0. The zero-order valence-electron chi connectivity index (χ0n) is 10.6. The zero-order chi connectivity index (χ0) is 15.4. The number of nitriles is 1. The van der Waals surface area contributed by atoms with E-state index in [0.717, 1.165) is 12.1 Å². The molecule has 0 aliphatic rings. The predicted molar refractivity (Wildman–Crippen MR) is 71.5 cm³/mol. The van der Waals surface area contributed by atoms with Gasteiger partial charge < -0.3 is 5.32 Å². The first kappa shape index (κ1) is 14.4. The summed E-state index contributed by atoms with van der Waals surface area (Å²) in [6.45, 7) is 0.0624. The number of nitro groups is 1. The molecule has 0 saturated carbocycles. The lowest BCUT2D eigenvalue weighted by molar-refractivity contribution is -0.384. The SMILES string of the molecule is N#Cc1cccc(NCc2ccc(F)c(F)c2)c1[N+](=O)[O-]. The van der Waals surface area contributed by atoms with Crippen molar-refractivity contribution in [1.29, 1.82) is 5.26 Å². The van der Waals surface area contributed by atoms with Crippen molar-refractivity contribution in [2.24, 2.45) is 0 Å². The van der Waals surface area contributed by atoms with Crippen molar-refractivity contribution in [2.75, 3.05) is 5.32 Å². The van der Waals surface area contributed by atoms with Crippen LogP contribution in [-0.4, -0.2) is 4.92 Å². The van der Waals surface area contributed by atoms with Crippen molar-refractivity contribution in [3.05, 3.63) is 69.3 Å². The molecule has 106 valence electrons. The lowest BCUT2D eigenvalue weighted by Crippen LogP contribution is -2.04. The fourth-order valence-electron chi connectivity index (χ4n) is 1.82. The van der Waals surface area contributed by atoms with Gasteiger partial charge in [-0.05, 0) is 29.8 Å². The van der Waals surface area contributed by atoms with E-state index in [4.69, 9.17) is 5.26 Å². The van der Waals surface area contributed by atoms with E-state index in [1.165, 1.54) is 24.3 Å². The van der Waals surface area contributed by atoms with Crippen LogP contribution in [0.3, 0.4) is 0 Å². The van der Waals surface area contributed by atoms with E-state index in [1.54, 1.807) is 6.07 Å². The molecule has 0 unspecified atom stereocenters. The zero-order valence-corrected chi connectivity index (χ0v) is 10.6. The Hall–Kier alpha value is -3.01. The van der Waals surface area contributed by atoms with Crippen LogP contribution in [0.2, 0.25) is 0 Å². The molecule has 0 aliphatic heterocycles. The summed E-state index contributed by atoms with van der Waals surface area (Å²) in [7, 11) is 0. The van der Waals surface area contributed by atoms with Crippen LogP contribution in [0.25, 0.3) is 0 Å². The van der Waals surface area contributed by atoms with E-state index >= 15 is 0 Å². The van der Waals surface area contributed by atoms with Crippen LogP contribution in [-0.2, 0) is 6.54 Å². The molecular formula is C14H9F2N3O2. The van der Waals surface area contributed by atoms with Crippen LogP contribution in [0.1, 0.15) is 11.1 Å². The van der Waals surface area contributed by atoms with Crippen LogP contribution in [0.15, 0.2) is 36.4 Å². The van der Waals surface area contributed by atoms with Gasteiger partial charge in [-0.1, -0.05) is 12.1 Å². The van der Waals surface area contributed by atoms with Gasteiger partial charge in [0.05, 0.1) is 4.92 Å². The van der Waals surface area contributed by atoms with Crippen molar-refractivity contribution in [3.8, 4) is 6.07 Å². The molecule has 2 aromatic rings. The molecule has 0 fully saturated rings. The number of nitrogens with one attached hydrogen (secondary N) is 1. The minimum atomic E-state index is -0.991. The van der Waals surface area contributed by atoms with Crippen LogP contribution in [0, 0.1) is 33.1 Å². The third-order valence-electron chi connectivity index (χ3n) is 2.81. The molecule has 1 N–H and O–H groups in total. The summed E-state index contributed by atoms with van der Waals surface area (Å²) in [4.78, 5) is 10.4. The number of anilines is 1. The van der Waals surface area contributed by atoms with Crippen molar-refractivity contribution >= 4 is 11.4 Å². The van der Waals surface area contributed by atoms with Gasteiger partial charge in [0.2, 0.25) is 0 Å². The molecule has 0 aliphatic carbocycles. The summed E-state index contributed by atoms with van der Waals surface area (Å²) in [5.41, 5.74) is 0.146. The van der Waals surface area contributed by atoms with Crippen LogP contribution in [0.4, 0.5) is 20.2 Å². The van der Waals surface area contributed by atoms with Gasteiger partial charge in [-0.3, -0.25) is 10.1 Å². The van der Waals surface area contributed by atoms with Crippen molar-refractivity contribution in [1.82, 2.24) is 0 Å². The summed E-state index contributed by atoms with van der Waals surface area (Å²) < 4.78 is 25.9. The maximum Gasteiger partial charge on any atom is 0.309 e. The molecule has 0 spiro atoms. The standard InChI is InChI=1S/C14H9F2N3O2/c15-11-5-4-9(6-12(11)16)8-18-13-3-1-2-10(7-17)14(13)19(20)21/h1-6,18H,8H2. The Bertz CT molecular complexity index is 741. The molecule has 0 saturated heterocycles. The number of hydrogen-bond acceptors (Lipinski definition) is 4. The van der Waals surface area contributed by atoms with E-state index in [1.807, 2.05) is 0 Å². The largest absolute Gasteiger partial charge is 0.375 e. The molecular weight excluding hydrogens is 280 g/mol. The average Bonchev–Trinajstić information content (AvgIpc) is 2.47. The molecule has 0 radical (unpaired) electrons. The first-order valence-corrected chi connectivity index (χ1v) is 5.88. The van der Waals surface area contributed by atoms with Gasteiger partial charge >= 0.3 is 5.69 Å². The normalized spacial score (nSPS) is 9.95. The highest BCUT2D eigenvalue weighted by Crippen LogP contribution is 2.28. The highest BCUT2D eigenvalue weighted by atomic mass is 19.2. The van der Waals surface area contributed by atoms with Gasteiger partial charge in [-0.25, -0.2) is 8.78 Å². The van der Waals surface area contributed by atoms with Crippen molar-refractivity contribution in [3.63, 3.8) is 0 Å². The fraction of sp³-hybridized carbons (Fsp3) is 0.0714. The van der Waals surface area contributed by atoms with E-state index in [0.29, 0.717) is 5.56 Å². The van der Waals surface area contributed by atoms with Crippen LogP contribution < -0.4 is 5.32 Å². The molecule has 0 bridgehead atoms. The third kappa shape index (κ3) is 3.12. The highest BCUT2D eigenvalue weighted by Gasteiger charge is 2.19. The number of halogens is 2. The fourth-order valence-corrected chi connectivity index (χ4v) is 1.82. The lowest BCUT2D eigenvalue weighted by Gasteiger charge is -2.08. The Balaban J connectivity index is 2.26. The van der Waals surface area contributed by atoms with E-state index in [2.05, 4.69) is 5.32 Å². The van der Waals surface area contributed by atoms with E-state index in [-0.39, 0.29) is 23.5 Å². The van der Waals surface area contributed by atoms with E-state index < -0.39 is 16.6 Å². The smallest absolute Gasteiger partial charge is 0.309 e. The van der Waals surface area contributed by atoms with Gasteiger partial charge in [0, 0.05) is 6.54 Å². The second kappa shape index (κ2) is 5.96. The maximum atomic E-state index is 13.1. The topological polar surface area (TPSA) is 79.0 Å². The van der Waals surface area contributed by atoms with Gasteiger partial charge in [-0.2, -0.15) is 5.26 Å². The molecule has 0 aromatic heterocycles. The molecule has 7 heteroatoms. The molecule has 0 amide bonds. The van der Waals surface area contributed by atoms with Crippen molar-refractivity contribution in [2.45, 2.75) is 6.54 Å². The summed E-state index contributed by atoms with van der Waals surface area (Å²) in [6, 6.07) is 9.36. The molecule has 0 atom stereocenters. The lowest BCUT2D eigenvalue weighted by atomic mass is 10.1. The number of nitrogens with zero attached hydrogens (tertiary/aromatic N) is 2. The first-order chi connectivity index (χ1) is 10.0. The molecule has 0 heterocycles. The number of nitro benzene ring substituents is 1. The number of para-hydroxylation sites is 1. The van der Waals surface area contributed by atoms with Gasteiger partial charge in [0.1, 0.15) is 17.3 Å². The van der Waals surface area contributed by atoms with Crippen molar-refractivity contribution < 1.29 is 13.7 Å². The Labute approximate surface area is 118 Å². The Morgan fingerprint density at radius 3 is 2.62 bits per heavy atom. The third-order valence-corrected chi connectivity index (χ3v) is 2.81. The average molecular weight is 289 g/mol. The number of benzene rings is 2. The second-order valence-corrected chi connectivity index (χ2v) is 4.17. The minimum absolute atomic E-state index is 0.0624. The van der Waals surface area contributed by atoms with Crippen LogP contribution in [0.5, 0.6) is 0 Å².